The molecular formula is C19H30BN2O2. The highest BCUT2D eigenvalue weighted by Gasteiger charge is 2.24. The summed E-state index contributed by atoms with van der Waals surface area (Å²) in [5.41, 5.74) is 2.51. The molecule has 1 N–H and O–H groups in total. The molecule has 0 unspecified atom stereocenters. The van der Waals surface area contributed by atoms with Crippen molar-refractivity contribution in [3.63, 3.8) is 0 Å². The third-order valence-corrected chi connectivity index (χ3v) is 5.08. The van der Waals surface area contributed by atoms with Crippen LogP contribution in [0.2, 0.25) is 0 Å². The lowest BCUT2D eigenvalue weighted by molar-refractivity contribution is -0.118. The van der Waals surface area contributed by atoms with Gasteiger partial charge in [-0.3, -0.25) is 9.69 Å². The van der Waals surface area contributed by atoms with E-state index in [4.69, 9.17) is 4.65 Å². The summed E-state index contributed by atoms with van der Waals surface area (Å²) in [4.78, 5) is 14.3. The second-order valence-corrected chi connectivity index (χ2v) is 7.01. The lowest BCUT2D eigenvalue weighted by Crippen LogP contribution is -2.42. The topological polar surface area (TPSA) is 41.6 Å². The molecule has 1 heterocycles. The first kappa shape index (κ1) is 19.2. The number of rotatable bonds is 8. The molecule has 24 heavy (non-hydrogen) atoms. The number of piperidine rings is 1. The fourth-order valence-electron chi connectivity index (χ4n) is 3.48. The van der Waals surface area contributed by atoms with Crippen LogP contribution < -0.4 is 5.23 Å². The Kier molecular flexibility index (Phi) is 7.47. The van der Waals surface area contributed by atoms with Gasteiger partial charge in [0.2, 0.25) is 0 Å². The van der Waals surface area contributed by atoms with Gasteiger partial charge in [-0.05, 0) is 51.2 Å². The van der Waals surface area contributed by atoms with E-state index in [1.165, 1.54) is 32.4 Å². The third-order valence-electron chi connectivity index (χ3n) is 5.08. The van der Waals surface area contributed by atoms with Crippen molar-refractivity contribution in [2.75, 3.05) is 7.11 Å². The minimum atomic E-state index is -0.238. The van der Waals surface area contributed by atoms with Crippen molar-refractivity contribution in [3.8, 4) is 0 Å². The van der Waals surface area contributed by atoms with Crippen molar-refractivity contribution in [2.45, 2.75) is 71.1 Å². The first-order valence-corrected chi connectivity index (χ1v) is 8.95. The number of benzene rings is 1. The van der Waals surface area contributed by atoms with Gasteiger partial charge in [0, 0.05) is 25.7 Å². The highest BCUT2D eigenvalue weighted by molar-refractivity contribution is 6.24. The maximum absolute atomic E-state index is 11.7. The number of carbonyl (C=O) groups is 1. The van der Waals surface area contributed by atoms with Gasteiger partial charge in [-0.15, -0.1) is 0 Å². The lowest BCUT2D eigenvalue weighted by Gasteiger charge is -2.39. The molecule has 2 rings (SSSR count). The van der Waals surface area contributed by atoms with Crippen LogP contribution in [0.25, 0.3) is 0 Å². The summed E-state index contributed by atoms with van der Waals surface area (Å²) in [6.07, 6.45) is 4.61. The van der Waals surface area contributed by atoms with Crippen LogP contribution in [0, 0.1) is 0 Å². The van der Waals surface area contributed by atoms with Crippen molar-refractivity contribution in [1.82, 2.24) is 10.1 Å². The van der Waals surface area contributed by atoms with E-state index in [0.29, 0.717) is 18.5 Å². The Labute approximate surface area is 147 Å². The predicted octanol–water partition coefficient (Wildman–Crippen LogP) is 2.72. The summed E-state index contributed by atoms with van der Waals surface area (Å²) < 4.78 is 4.89. The standard InChI is InChI=1S/C19H30BN2O2/c1-14-6-5-7-15(2)22(14)13-18-10-8-17(9-11-18)12-19(16(3)23)21-20-24-4/h8-11,14-15,19,21H,5-7,12-13H2,1-4H3/t14-,15+,19-/m1/s1. The number of nitrogens with one attached hydrogen (secondary N) is 1. The van der Waals surface area contributed by atoms with Crippen LogP contribution in [0.1, 0.15) is 51.2 Å². The molecule has 0 aliphatic carbocycles. The van der Waals surface area contributed by atoms with E-state index >= 15 is 0 Å². The van der Waals surface area contributed by atoms with Gasteiger partial charge >= 0.3 is 7.62 Å². The molecule has 1 aromatic carbocycles. The molecule has 1 aliphatic rings. The summed E-state index contributed by atoms with van der Waals surface area (Å²) in [5.74, 6) is 0.114. The summed E-state index contributed by atoms with van der Waals surface area (Å²) >= 11 is 0. The first-order chi connectivity index (χ1) is 11.5. The van der Waals surface area contributed by atoms with Gasteiger partial charge in [0.05, 0.1) is 6.04 Å². The first-order valence-electron chi connectivity index (χ1n) is 8.95. The fourth-order valence-corrected chi connectivity index (χ4v) is 3.48. The van der Waals surface area contributed by atoms with Crippen molar-refractivity contribution in [2.24, 2.45) is 0 Å². The lowest BCUT2D eigenvalue weighted by atomic mass is 9.96. The van der Waals surface area contributed by atoms with Gasteiger partial charge in [0.15, 0.2) is 0 Å². The van der Waals surface area contributed by atoms with Gasteiger partial charge in [0.1, 0.15) is 5.78 Å². The van der Waals surface area contributed by atoms with Crippen LogP contribution in [-0.2, 0) is 22.4 Å². The Bertz CT molecular complexity index is 511. The van der Waals surface area contributed by atoms with E-state index in [0.717, 1.165) is 12.1 Å². The molecule has 5 heteroatoms. The second kappa shape index (κ2) is 9.35. The number of likely N-dealkylation sites (tertiary alicyclic amines) is 1. The van der Waals surface area contributed by atoms with E-state index in [-0.39, 0.29) is 11.8 Å². The third kappa shape index (κ3) is 5.44. The van der Waals surface area contributed by atoms with Crippen LogP contribution in [0.15, 0.2) is 24.3 Å². The molecule has 1 saturated heterocycles. The Morgan fingerprint density at radius 2 is 1.83 bits per heavy atom. The molecule has 131 valence electrons. The highest BCUT2D eigenvalue weighted by atomic mass is 16.4. The minimum Gasteiger partial charge on any atom is -0.427 e. The maximum atomic E-state index is 11.7. The summed E-state index contributed by atoms with van der Waals surface area (Å²) in [7, 11) is 3.04. The average Bonchev–Trinajstić information content (AvgIpc) is 2.56. The monoisotopic (exact) mass is 329 g/mol. The van der Waals surface area contributed by atoms with Gasteiger partial charge in [-0.1, -0.05) is 30.7 Å². The molecule has 3 atom stereocenters. The van der Waals surface area contributed by atoms with Gasteiger partial charge in [0.25, 0.3) is 0 Å². The Morgan fingerprint density at radius 3 is 2.38 bits per heavy atom. The van der Waals surface area contributed by atoms with Gasteiger partial charge in [-0.2, -0.15) is 0 Å². The number of hydrogen-bond acceptors (Lipinski definition) is 4. The van der Waals surface area contributed by atoms with E-state index in [1.807, 2.05) is 0 Å². The van der Waals surface area contributed by atoms with E-state index < -0.39 is 0 Å². The molecule has 0 spiro atoms. The van der Waals surface area contributed by atoms with Gasteiger partial charge in [-0.25, -0.2) is 0 Å². The van der Waals surface area contributed by atoms with Crippen LogP contribution in [0.3, 0.4) is 0 Å². The molecule has 1 aromatic rings. The van der Waals surface area contributed by atoms with Crippen molar-refractivity contribution in [1.29, 1.82) is 0 Å². The van der Waals surface area contributed by atoms with Crippen LogP contribution in [0.5, 0.6) is 0 Å². The zero-order valence-electron chi connectivity index (χ0n) is 15.4. The average molecular weight is 329 g/mol. The van der Waals surface area contributed by atoms with Gasteiger partial charge < -0.3 is 9.88 Å². The van der Waals surface area contributed by atoms with E-state index in [9.17, 15) is 4.79 Å². The molecule has 0 saturated carbocycles. The number of nitrogens with zero attached hydrogens (tertiary/aromatic N) is 1. The highest BCUT2D eigenvalue weighted by Crippen LogP contribution is 2.24. The Morgan fingerprint density at radius 1 is 1.25 bits per heavy atom. The molecule has 1 radical (unpaired) electrons. The largest absolute Gasteiger partial charge is 0.427 e. The summed E-state index contributed by atoms with van der Waals surface area (Å²) in [6, 6.07) is 9.74. The molecule has 1 aliphatic heterocycles. The van der Waals surface area contributed by atoms with E-state index in [2.05, 4.69) is 48.2 Å². The van der Waals surface area contributed by atoms with Crippen molar-refractivity contribution >= 4 is 13.4 Å². The molecule has 0 aromatic heterocycles. The van der Waals surface area contributed by atoms with Crippen molar-refractivity contribution in [3.05, 3.63) is 35.4 Å². The summed E-state index contributed by atoms with van der Waals surface area (Å²) in [5, 5.41) is 3.00. The number of Topliss-reactive ketones (excluding diaryl/α,β-unsaturated/α-hetero) is 1. The minimum absolute atomic E-state index is 0.114. The Hall–Kier alpha value is -1.17. The van der Waals surface area contributed by atoms with Crippen LogP contribution >= 0.6 is 0 Å². The molecule has 0 amide bonds. The fraction of sp³-hybridized carbons (Fsp3) is 0.632. The quantitative estimate of drug-likeness (QED) is 0.745. The number of hydrogen-bond donors (Lipinski definition) is 1. The Balaban J connectivity index is 1.95. The summed E-state index contributed by atoms with van der Waals surface area (Å²) in [6.45, 7) is 7.28. The number of ketones is 1. The predicted molar refractivity (Wildman–Crippen MR) is 98.8 cm³/mol. The zero-order valence-corrected chi connectivity index (χ0v) is 15.4. The van der Waals surface area contributed by atoms with Crippen molar-refractivity contribution < 1.29 is 9.45 Å². The van der Waals surface area contributed by atoms with E-state index in [1.54, 1.807) is 14.0 Å². The zero-order chi connectivity index (χ0) is 17.5. The molecular weight excluding hydrogens is 299 g/mol. The molecule has 0 bridgehead atoms. The van der Waals surface area contributed by atoms with Crippen LogP contribution in [0.4, 0.5) is 0 Å². The number of carbonyl (C=O) groups excluding carboxylic acids is 1. The second-order valence-electron chi connectivity index (χ2n) is 7.01. The molecule has 4 nitrogen and oxygen atoms in total. The molecule has 1 fully saturated rings. The smallest absolute Gasteiger partial charge is 0.396 e. The normalized spacial score (nSPS) is 23.0. The SMILES string of the molecule is CO[B]N[C@H](Cc1ccc(CN2[C@H](C)CCC[C@@H]2C)cc1)C(C)=O. The maximum Gasteiger partial charge on any atom is 0.396 e. The van der Waals surface area contributed by atoms with Crippen LogP contribution in [-0.4, -0.2) is 43.5 Å².